The van der Waals surface area contributed by atoms with E-state index in [0.717, 1.165) is 37.6 Å². The van der Waals surface area contributed by atoms with E-state index >= 15 is 0 Å². The van der Waals surface area contributed by atoms with Gasteiger partial charge in [0.2, 0.25) is 0 Å². The summed E-state index contributed by atoms with van der Waals surface area (Å²) in [5.41, 5.74) is 0. The van der Waals surface area contributed by atoms with Crippen LogP contribution in [0.5, 0.6) is 0 Å². The van der Waals surface area contributed by atoms with Crippen LogP contribution in [0.15, 0.2) is 0 Å². The average molecular weight is 304 g/mol. The summed E-state index contributed by atoms with van der Waals surface area (Å²) in [5, 5.41) is 3.66. The van der Waals surface area contributed by atoms with Crippen LogP contribution in [0.25, 0.3) is 0 Å². The van der Waals surface area contributed by atoms with E-state index in [4.69, 9.17) is 0 Å². The highest BCUT2D eigenvalue weighted by molar-refractivity contribution is 7.90. The Labute approximate surface area is 125 Å². The van der Waals surface area contributed by atoms with Crippen LogP contribution in [0.4, 0.5) is 0 Å². The van der Waals surface area contributed by atoms with E-state index in [-0.39, 0.29) is 0 Å². The molecular weight excluding hydrogens is 270 g/mol. The molecule has 1 atom stereocenters. The zero-order valence-corrected chi connectivity index (χ0v) is 14.3. The molecule has 0 bridgehead atoms. The highest BCUT2D eigenvalue weighted by Crippen LogP contribution is 2.33. The van der Waals surface area contributed by atoms with Crippen LogP contribution in [0.3, 0.4) is 0 Å². The van der Waals surface area contributed by atoms with Crippen LogP contribution >= 0.6 is 0 Å². The molecule has 1 saturated carbocycles. The van der Waals surface area contributed by atoms with E-state index in [1.54, 1.807) is 0 Å². The van der Waals surface area contributed by atoms with Gasteiger partial charge >= 0.3 is 0 Å². The molecule has 0 aromatic heterocycles. The van der Waals surface area contributed by atoms with Crippen molar-refractivity contribution in [2.24, 2.45) is 11.8 Å². The Morgan fingerprint density at radius 2 is 1.80 bits per heavy atom. The second kappa shape index (κ2) is 9.04. The van der Waals surface area contributed by atoms with E-state index < -0.39 is 9.84 Å². The van der Waals surface area contributed by atoms with Crippen molar-refractivity contribution in [1.29, 1.82) is 0 Å². The summed E-state index contributed by atoms with van der Waals surface area (Å²) in [7, 11) is -2.81. The molecule has 120 valence electrons. The number of rotatable bonds is 9. The van der Waals surface area contributed by atoms with E-state index in [1.165, 1.54) is 38.4 Å². The first-order valence-electron chi connectivity index (χ1n) is 8.37. The SMILES string of the molecule is CCCNC(CCCS(C)(=O)=O)C1CCC(CC)CC1. The Hall–Kier alpha value is -0.0900. The molecule has 20 heavy (non-hydrogen) atoms. The number of hydrogen-bond acceptors (Lipinski definition) is 3. The summed E-state index contributed by atoms with van der Waals surface area (Å²) in [6, 6.07) is 0.523. The van der Waals surface area contributed by atoms with Crippen LogP contribution < -0.4 is 5.32 Å². The van der Waals surface area contributed by atoms with Gasteiger partial charge in [-0.15, -0.1) is 0 Å². The maximum atomic E-state index is 11.3. The molecule has 1 aliphatic carbocycles. The number of sulfone groups is 1. The fourth-order valence-electron chi connectivity index (χ4n) is 3.40. The maximum Gasteiger partial charge on any atom is 0.147 e. The molecule has 3 nitrogen and oxygen atoms in total. The molecular formula is C16H33NO2S. The average Bonchev–Trinajstić information content (AvgIpc) is 2.41. The molecule has 0 saturated heterocycles. The van der Waals surface area contributed by atoms with Crippen molar-refractivity contribution in [3.8, 4) is 0 Å². The Morgan fingerprint density at radius 3 is 2.30 bits per heavy atom. The summed E-state index contributed by atoms with van der Waals surface area (Å²) in [4.78, 5) is 0. The van der Waals surface area contributed by atoms with Crippen LogP contribution in [0.2, 0.25) is 0 Å². The Morgan fingerprint density at radius 1 is 1.15 bits per heavy atom. The summed E-state index contributed by atoms with van der Waals surface area (Å²) < 4.78 is 22.5. The molecule has 0 spiro atoms. The van der Waals surface area contributed by atoms with E-state index in [2.05, 4.69) is 19.2 Å². The van der Waals surface area contributed by atoms with Gasteiger partial charge < -0.3 is 5.32 Å². The van der Waals surface area contributed by atoms with Crippen molar-refractivity contribution in [3.05, 3.63) is 0 Å². The fourth-order valence-corrected chi connectivity index (χ4v) is 4.09. The van der Waals surface area contributed by atoms with Crippen molar-refractivity contribution in [1.82, 2.24) is 5.32 Å². The van der Waals surface area contributed by atoms with Gasteiger partial charge in [-0.05, 0) is 50.5 Å². The van der Waals surface area contributed by atoms with E-state index in [0.29, 0.717) is 11.8 Å². The minimum absolute atomic E-state index is 0.335. The maximum absolute atomic E-state index is 11.3. The van der Waals surface area contributed by atoms with Gasteiger partial charge in [-0.1, -0.05) is 33.1 Å². The lowest BCUT2D eigenvalue weighted by Gasteiger charge is -2.34. The molecule has 4 heteroatoms. The lowest BCUT2D eigenvalue weighted by molar-refractivity contribution is 0.210. The van der Waals surface area contributed by atoms with Gasteiger partial charge in [-0.2, -0.15) is 0 Å². The van der Waals surface area contributed by atoms with Crippen LogP contribution in [0, 0.1) is 11.8 Å². The second-order valence-corrected chi connectivity index (χ2v) is 8.78. The molecule has 0 aromatic rings. The van der Waals surface area contributed by atoms with Crippen LogP contribution in [-0.4, -0.2) is 33.0 Å². The largest absolute Gasteiger partial charge is 0.314 e. The predicted octanol–water partition coefficient (Wildman–Crippen LogP) is 3.40. The second-order valence-electron chi connectivity index (χ2n) is 6.52. The highest BCUT2D eigenvalue weighted by Gasteiger charge is 2.26. The van der Waals surface area contributed by atoms with Gasteiger partial charge in [-0.25, -0.2) is 8.42 Å². The van der Waals surface area contributed by atoms with Crippen LogP contribution in [-0.2, 0) is 9.84 Å². The van der Waals surface area contributed by atoms with Gasteiger partial charge in [0.1, 0.15) is 9.84 Å². The normalized spacial score (nSPS) is 25.6. The van der Waals surface area contributed by atoms with Gasteiger partial charge in [0, 0.05) is 18.1 Å². The molecule has 1 rings (SSSR count). The van der Waals surface area contributed by atoms with Gasteiger partial charge in [0.25, 0.3) is 0 Å². The zero-order chi connectivity index (χ0) is 15.0. The van der Waals surface area contributed by atoms with Gasteiger partial charge in [-0.3, -0.25) is 0 Å². The summed E-state index contributed by atoms with van der Waals surface area (Å²) >= 11 is 0. The third-order valence-electron chi connectivity index (χ3n) is 4.72. The highest BCUT2D eigenvalue weighted by atomic mass is 32.2. The molecule has 1 aliphatic rings. The van der Waals surface area contributed by atoms with Crippen molar-refractivity contribution in [2.75, 3.05) is 18.6 Å². The quantitative estimate of drug-likeness (QED) is 0.710. The summed E-state index contributed by atoms with van der Waals surface area (Å²) in [6.45, 7) is 5.54. The van der Waals surface area contributed by atoms with Crippen molar-refractivity contribution < 1.29 is 8.42 Å². The summed E-state index contributed by atoms with van der Waals surface area (Å²) in [5.74, 6) is 2.01. The number of nitrogens with one attached hydrogen (secondary N) is 1. The smallest absolute Gasteiger partial charge is 0.147 e. The van der Waals surface area contributed by atoms with Gasteiger partial charge in [0.05, 0.1) is 0 Å². The molecule has 0 aliphatic heterocycles. The predicted molar refractivity (Wildman–Crippen MR) is 86.8 cm³/mol. The molecule has 0 radical (unpaired) electrons. The Kier molecular flexibility index (Phi) is 8.11. The van der Waals surface area contributed by atoms with Crippen molar-refractivity contribution in [3.63, 3.8) is 0 Å². The topological polar surface area (TPSA) is 46.2 Å². The molecule has 1 unspecified atom stereocenters. The first-order valence-corrected chi connectivity index (χ1v) is 10.4. The van der Waals surface area contributed by atoms with Gasteiger partial charge in [0.15, 0.2) is 0 Å². The first kappa shape index (κ1) is 18.0. The third kappa shape index (κ3) is 7.07. The summed E-state index contributed by atoms with van der Waals surface area (Å²) in [6.07, 6.45) is 11.0. The van der Waals surface area contributed by atoms with Crippen molar-refractivity contribution in [2.45, 2.75) is 71.3 Å². The van der Waals surface area contributed by atoms with Crippen molar-refractivity contribution >= 4 is 9.84 Å². The molecule has 1 N–H and O–H groups in total. The van der Waals surface area contributed by atoms with Crippen LogP contribution in [0.1, 0.15) is 65.2 Å². The lowest BCUT2D eigenvalue weighted by atomic mass is 9.76. The minimum atomic E-state index is -2.81. The Bertz CT molecular complexity index is 345. The fraction of sp³-hybridized carbons (Fsp3) is 1.00. The third-order valence-corrected chi connectivity index (χ3v) is 5.75. The zero-order valence-electron chi connectivity index (χ0n) is 13.5. The van der Waals surface area contributed by atoms with E-state index in [1.807, 2.05) is 0 Å². The number of hydrogen-bond donors (Lipinski definition) is 1. The molecule has 0 aromatic carbocycles. The minimum Gasteiger partial charge on any atom is -0.314 e. The van der Waals surface area contributed by atoms with E-state index in [9.17, 15) is 8.42 Å². The monoisotopic (exact) mass is 303 g/mol. The molecule has 0 amide bonds. The molecule has 0 heterocycles. The Balaban J connectivity index is 2.42. The molecule has 1 fully saturated rings. The standard InChI is InChI=1S/C16H33NO2S/c1-4-12-17-16(7-6-13-20(3,18)19)15-10-8-14(5-2)9-11-15/h14-17H,4-13H2,1-3H3. The lowest BCUT2D eigenvalue weighted by Crippen LogP contribution is -2.38. The first-order chi connectivity index (χ1) is 9.46.